The highest BCUT2D eigenvalue weighted by Gasteiger charge is 2.36. The summed E-state index contributed by atoms with van der Waals surface area (Å²) in [5.41, 5.74) is -0.458. The molecule has 1 aliphatic rings. The first-order valence-corrected chi connectivity index (χ1v) is 6.13. The van der Waals surface area contributed by atoms with E-state index < -0.39 is 23.6 Å². The minimum atomic E-state index is -4.39. The van der Waals surface area contributed by atoms with Gasteiger partial charge in [-0.15, -0.1) is 0 Å². The number of rotatable bonds is 2. The summed E-state index contributed by atoms with van der Waals surface area (Å²) in [6, 6.07) is 0.985. The van der Waals surface area contributed by atoms with E-state index in [4.69, 9.17) is 5.11 Å². The Morgan fingerprint density at radius 3 is 2.42 bits per heavy atom. The fraction of sp³-hybridized carbons (Fsp3) is 0.538. The molecule has 0 bridgehead atoms. The summed E-state index contributed by atoms with van der Waals surface area (Å²) in [5.74, 6) is -1.54. The highest BCUT2D eigenvalue weighted by molar-refractivity contribution is 5.70. The molecule has 1 heterocycles. The molecule has 0 spiro atoms. The minimum absolute atomic E-state index is 0.193. The number of nitrogens with zero attached hydrogens (tertiary/aromatic N) is 1. The van der Waals surface area contributed by atoms with Crippen LogP contribution in [0.3, 0.4) is 0 Å². The van der Waals surface area contributed by atoms with E-state index in [0.717, 1.165) is 12.3 Å². The van der Waals surface area contributed by atoms with Crippen LogP contribution in [0.25, 0.3) is 0 Å². The molecule has 0 radical (unpaired) electrons. The standard InChI is InChI=1S/C13H14F3NO2/c14-13(15,16)11-5-6-17-7-10(11)8-1-3-9(4-2-8)12(18)19/h5-9H,1-4H2,(H,18,19). The lowest BCUT2D eigenvalue weighted by molar-refractivity contribution is -0.143. The molecule has 19 heavy (non-hydrogen) atoms. The lowest BCUT2D eigenvalue weighted by Gasteiger charge is -2.27. The molecule has 0 atom stereocenters. The number of halogens is 3. The molecular formula is C13H14F3NO2. The Balaban J connectivity index is 2.18. The van der Waals surface area contributed by atoms with E-state index in [2.05, 4.69) is 4.98 Å². The predicted octanol–water partition coefficient (Wildman–Crippen LogP) is 3.46. The van der Waals surface area contributed by atoms with Crippen LogP contribution in [0.1, 0.15) is 42.7 Å². The zero-order chi connectivity index (χ0) is 14.0. The van der Waals surface area contributed by atoms with Crippen molar-refractivity contribution in [2.24, 2.45) is 5.92 Å². The smallest absolute Gasteiger partial charge is 0.416 e. The molecule has 1 saturated carbocycles. The van der Waals surface area contributed by atoms with Gasteiger partial charge in [-0.25, -0.2) is 0 Å². The highest BCUT2D eigenvalue weighted by Crippen LogP contribution is 2.41. The Bertz CT molecular complexity index is 465. The van der Waals surface area contributed by atoms with Crippen LogP contribution < -0.4 is 0 Å². The van der Waals surface area contributed by atoms with Crippen molar-refractivity contribution >= 4 is 5.97 Å². The molecule has 3 nitrogen and oxygen atoms in total. The second-order valence-corrected chi connectivity index (χ2v) is 4.85. The summed E-state index contributed by atoms with van der Waals surface area (Å²) in [4.78, 5) is 14.6. The first-order valence-electron chi connectivity index (χ1n) is 6.13. The number of alkyl halides is 3. The second-order valence-electron chi connectivity index (χ2n) is 4.85. The van der Waals surface area contributed by atoms with Crippen molar-refractivity contribution in [2.45, 2.75) is 37.8 Å². The van der Waals surface area contributed by atoms with Crippen LogP contribution in [0, 0.1) is 5.92 Å². The summed E-state index contributed by atoms with van der Waals surface area (Å²) >= 11 is 0. The average Bonchev–Trinajstić information content (AvgIpc) is 2.38. The molecule has 1 N–H and O–H groups in total. The van der Waals surface area contributed by atoms with Crippen molar-refractivity contribution in [3.05, 3.63) is 29.6 Å². The SMILES string of the molecule is O=C(O)C1CCC(c2cnccc2C(F)(F)F)CC1. The van der Waals surface area contributed by atoms with Crippen LogP contribution >= 0.6 is 0 Å². The number of aromatic nitrogens is 1. The Labute approximate surface area is 108 Å². The number of carboxylic acid groups (broad SMARTS) is 1. The van der Waals surface area contributed by atoms with Gasteiger partial charge in [-0.1, -0.05) is 0 Å². The van der Waals surface area contributed by atoms with E-state index in [1.54, 1.807) is 0 Å². The molecule has 0 unspecified atom stereocenters. The van der Waals surface area contributed by atoms with Gasteiger partial charge in [-0.2, -0.15) is 13.2 Å². The summed E-state index contributed by atoms with van der Waals surface area (Å²) in [7, 11) is 0. The third-order valence-electron chi connectivity index (χ3n) is 3.67. The summed E-state index contributed by atoms with van der Waals surface area (Å²) in [5, 5.41) is 8.89. The Morgan fingerprint density at radius 2 is 1.89 bits per heavy atom. The molecule has 0 aromatic carbocycles. The van der Waals surface area contributed by atoms with Crippen molar-refractivity contribution < 1.29 is 23.1 Å². The molecule has 2 rings (SSSR count). The third-order valence-corrected chi connectivity index (χ3v) is 3.67. The van der Waals surface area contributed by atoms with Crippen molar-refractivity contribution in [1.82, 2.24) is 4.98 Å². The maximum Gasteiger partial charge on any atom is 0.416 e. The van der Waals surface area contributed by atoms with E-state index in [-0.39, 0.29) is 11.5 Å². The van der Waals surface area contributed by atoms with Crippen LogP contribution in [-0.4, -0.2) is 16.1 Å². The van der Waals surface area contributed by atoms with Crippen molar-refractivity contribution in [3.8, 4) is 0 Å². The largest absolute Gasteiger partial charge is 0.481 e. The molecule has 1 aliphatic carbocycles. The van der Waals surface area contributed by atoms with E-state index >= 15 is 0 Å². The monoisotopic (exact) mass is 273 g/mol. The highest BCUT2D eigenvalue weighted by atomic mass is 19.4. The molecule has 1 aromatic rings. The van der Waals surface area contributed by atoms with Crippen molar-refractivity contribution in [1.29, 1.82) is 0 Å². The Kier molecular flexibility index (Phi) is 3.78. The molecule has 0 amide bonds. The predicted molar refractivity (Wildman–Crippen MR) is 61.6 cm³/mol. The zero-order valence-corrected chi connectivity index (χ0v) is 10.2. The van der Waals surface area contributed by atoms with E-state index in [0.29, 0.717) is 25.7 Å². The van der Waals surface area contributed by atoms with Gasteiger partial charge >= 0.3 is 12.1 Å². The normalized spacial score (nSPS) is 24.2. The number of carbonyl (C=O) groups is 1. The van der Waals surface area contributed by atoms with Gasteiger partial charge in [-0.3, -0.25) is 9.78 Å². The summed E-state index contributed by atoms with van der Waals surface area (Å²) < 4.78 is 38.7. The lowest BCUT2D eigenvalue weighted by Crippen LogP contribution is -2.22. The van der Waals surface area contributed by atoms with Crippen LogP contribution in [0.4, 0.5) is 13.2 Å². The van der Waals surface area contributed by atoms with Gasteiger partial charge in [0, 0.05) is 12.4 Å². The molecular weight excluding hydrogens is 259 g/mol. The van der Waals surface area contributed by atoms with Gasteiger partial charge in [0.25, 0.3) is 0 Å². The quantitative estimate of drug-likeness (QED) is 0.897. The Hall–Kier alpha value is -1.59. The Morgan fingerprint density at radius 1 is 1.26 bits per heavy atom. The molecule has 104 valence electrons. The number of pyridine rings is 1. The molecule has 0 saturated heterocycles. The zero-order valence-electron chi connectivity index (χ0n) is 10.2. The molecule has 6 heteroatoms. The lowest BCUT2D eigenvalue weighted by atomic mass is 9.78. The number of carboxylic acids is 1. The van der Waals surface area contributed by atoms with Crippen molar-refractivity contribution in [2.75, 3.05) is 0 Å². The number of hydrogen-bond donors (Lipinski definition) is 1. The van der Waals surface area contributed by atoms with Gasteiger partial charge in [0.1, 0.15) is 0 Å². The maximum atomic E-state index is 12.9. The summed E-state index contributed by atoms with van der Waals surface area (Å²) in [6.07, 6.45) is -0.221. The first kappa shape index (κ1) is 13.8. The number of hydrogen-bond acceptors (Lipinski definition) is 2. The average molecular weight is 273 g/mol. The van der Waals surface area contributed by atoms with Crippen LogP contribution in [0.2, 0.25) is 0 Å². The van der Waals surface area contributed by atoms with E-state index in [9.17, 15) is 18.0 Å². The van der Waals surface area contributed by atoms with Gasteiger partial charge in [0.2, 0.25) is 0 Å². The van der Waals surface area contributed by atoms with Gasteiger partial charge in [0.15, 0.2) is 0 Å². The van der Waals surface area contributed by atoms with Crippen LogP contribution in [0.15, 0.2) is 18.5 Å². The van der Waals surface area contributed by atoms with Gasteiger partial charge in [0.05, 0.1) is 11.5 Å². The maximum absolute atomic E-state index is 12.9. The van der Waals surface area contributed by atoms with E-state index in [1.807, 2.05) is 0 Å². The molecule has 0 aliphatic heterocycles. The first-order chi connectivity index (χ1) is 8.89. The number of aliphatic carboxylic acids is 1. The summed E-state index contributed by atoms with van der Waals surface area (Å²) in [6.45, 7) is 0. The third kappa shape index (κ3) is 3.05. The second kappa shape index (κ2) is 5.19. The minimum Gasteiger partial charge on any atom is -0.481 e. The van der Waals surface area contributed by atoms with E-state index in [1.165, 1.54) is 6.20 Å². The van der Waals surface area contributed by atoms with Gasteiger partial charge in [-0.05, 0) is 43.2 Å². The molecule has 1 aromatic heterocycles. The fourth-order valence-corrected chi connectivity index (χ4v) is 2.64. The van der Waals surface area contributed by atoms with Gasteiger partial charge < -0.3 is 5.11 Å². The van der Waals surface area contributed by atoms with Crippen molar-refractivity contribution in [3.63, 3.8) is 0 Å². The molecule has 1 fully saturated rings. The fourth-order valence-electron chi connectivity index (χ4n) is 2.64. The van der Waals surface area contributed by atoms with Crippen LogP contribution in [0.5, 0.6) is 0 Å². The van der Waals surface area contributed by atoms with Crippen LogP contribution in [-0.2, 0) is 11.0 Å². The topological polar surface area (TPSA) is 50.2 Å².